The van der Waals surface area contributed by atoms with E-state index in [2.05, 4.69) is 17.1 Å². The van der Waals surface area contributed by atoms with Gasteiger partial charge < -0.3 is 15.3 Å². The molecule has 1 heterocycles. The van der Waals surface area contributed by atoms with Crippen molar-refractivity contribution >= 4 is 11.7 Å². The highest BCUT2D eigenvalue weighted by Gasteiger charge is 2.19. The van der Waals surface area contributed by atoms with E-state index < -0.39 is 11.8 Å². The molecule has 0 saturated carbocycles. The number of rotatable bonds is 5. The zero-order chi connectivity index (χ0) is 14.5. The fourth-order valence-corrected chi connectivity index (χ4v) is 2.63. The van der Waals surface area contributed by atoms with Crippen molar-refractivity contribution in [3.8, 4) is 0 Å². The molecular weight excluding hydrogens is 259 g/mol. The van der Waals surface area contributed by atoms with Crippen LogP contribution in [0.1, 0.15) is 36.5 Å². The van der Waals surface area contributed by atoms with E-state index in [1.165, 1.54) is 12.1 Å². The minimum absolute atomic E-state index is 0.279. The van der Waals surface area contributed by atoms with E-state index in [0.717, 1.165) is 38.9 Å². The summed E-state index contributed by atoms with van der Waals surface area (Å²) >= 11 is 0. The first-order valence-corrected chi connectivity index (χ1v) is 7.12. The first kappa shape index (κ1) is 14.8. The van der Waals surface area contributed by atoms with E-state index in [1.54, 1.807) is 6.07 Å². The molecule has 0 amide bonds. The number of benzene rings is 1. The van der Waals surface area contributed by atoms with Gasteiger partial charge in [0, 0.05) is 24.8 Å². The quantitative estimate of drug-likeness (QED) is 0.871. The molecule has 4 nitrogen and oxygen atoms in total. The van der Waals surface area contributed by atoms with E-state index >= 15 is 0 Å². The Hall–Kier alpha value is -1.62. The Morgan fingerprint density at radius 1 is 1.45 bits per heavy atom. The molecule has 1 fully saturated rings. The minimum atomic E-state index is -1.23. The maximum atomic E-state index is 13.3. The van der Waals surface area contributed by atoms with Crippen LogP contribution in [0.2, 0.25) is 0 Å². The van der Waals surface area contributed by atoms with Crippen LogP contribution in [0, 0.1) is 5.82 Å². The van der Waals surface area contributed by atoms with Gasteiger partial charge in [-0.1, -0.05) is 6.92 Å². The lowest BCUT2D eigenvalue weighted by molar-refractivity contribution is 0.0692. The highest BCUT2D eigenvalue weighted by molar-refractivity contribution is 5.89. The average molecular weight is 280 g/mol. The summed E-state index contributed by atoms with van der Waals surface area (Å²) in [6.07, 6.45) is 3.22. The Kier molecular flexibility index (Phi) is 4.95. The van der Waals surface area contributed by atoms with E-state index in [9.17, 15) is 9.18 Å². The molecule has 0 spiro atoms. The molecule has 1 aromatic carbocycles. The predicted octanol–water partition coefficient (Wildman–Crippen LogP) is 2.81. The lowest BCUT2D eigenvalue weighted by Gasteiger charge is -2.32. The normalized spacial score (nSPS) is 17.1. The van der Waals surface area contributed by atoms with Gasteiger partial charge >= 0.3 is 5.97 Å². The van der Waals surface area contributed by atoms with E-state index in [1.807, 2.05) is 0 Å². The number of likely N-dealkylation sites (tertiary alicyclic amines) is 1. The number of nitrogens with one attached hydrogen (secondary N) is 1. The second kappa shape index (κ2) is 6.70. The maximum absolute atomic E-state index is 13.3. The standard InChI is InChI=1S/C15H21FN2O2/c1-2-7-18-8-5-11(6-9-18)17-12-3-4-14(16)13(10-12)15(19)20/h3-4,10-11,17H,2,5-9H2,1H3,(H,19,20). The summed E-state index contributed by atoms with van der Waals surface area (Å²) in [6, 6.07) is 4.50. The third-order valence-corrected chi connectivity index (χ3v) is 3.69. The van der Waals surface area contributed by atoms with Gasteiger partial charge in [0.05, 0.1) is 5.56 Å². The Morgan fingerprint density at radius 2 is 2.15 bits per heavy atom. The number of halogens is 1. The molecule has 2 N–H and O–H groups in total. The zero-order valence-corrected chi connectivity index (χ0v) is 11.7. The molecular formula is C15H21FN2O2. The SMILES string of the molecule is CCCN1CCC(Nc2ccc(F)c(C(=O)O)c2)CC1. The molecule has 0 aliphatic carbocycles. The van der Waals surface area contributed by atoms with Gasteiger partial charge in [-0.05, 0) is 44.0 Å². The zero-order valence-electron chi connectivity index (χ0n) is 11.7. The summed E-state index contributed by atoms with van der Waals surface area (Å²) < 4.78 is 13.3. The van der Waals surface area contributed by atoms with Crippen LogP contribution in [0.15, 0.2) is 18.2 Å². The Balaban J connectivity index is 1.94. The van der Waals surface area contributed by atoms with Crippen molar-refractivity contribution in [2.24, 2.45) is 0 Å². The van der Waals surface area contributed by atoms with Gasteiger partial charge in [-0.2, -0.15) is 0 Å². The van der Waals surface area contributed by atoms with Gasteiger partial charge in [-0.15, -0.1) is 0 Å². The topological polar surface area (TPSA) is 52.6 Å². The Bertz CT molecular complexity index is 471. The van der Waals surface area contributed by atoms with Crippen LogP contribution in [-0.2, 0) is 0 Å². The van der Waals surface area contributed by atoms with E-state index in [-0.39, 0.29) is 5.56 Å². The molecule has 0 aromatic heterocycles. The summed E-state index contributed by atoms with van der Waals surface area (Å²) in [6.45, 7) is 5.42. The van der Waals surface area contributed by atoms with Gasteiger partial charge in [0.1, 0.15) is 5.82 Å². The van der Waals surface area contributed by atoms with Crippen LogP contribution < -0.4 is 5.32 Å². The summed E-state index contributed by atoms with van der Waals surface area (Å²) in [4.78, 5) is 13.3. The first-order chi connectivity index (χ1) is 9.60. The van der Waals surface area contributed by atoms with Crippen LogP contribution in [-0.4, -0.2) is 41.7 Å². The first-order valence-electron chi connectivity index (χ1n) is 7.12. The lowest BCUT2D eigenvalue weighted by Crippen LogP contribution is -2.39. The van der Waals surface area contributed by atoms with Crippen molar-refractivity contribution in [2.45, 2.75) is 32.2 Å². The van der Waals surface area contributed by atoms with Crippen molar-refractivity contribution < 1.29 is 14.3 Å². The summed E-state index contributed by atoms with van der Waals surface area (Å²) in [5.74, 6) is -1.93. The molecule has 20 heavy (non-hydrogen) atoms. The highest BCUT2D eigenvalue weighted by Crippen LogP contribution is 2.19. The number of hydrogen-bond acceptors (Lipinski definition) is 3. The van der Waals surface area contributed by atoms with Crippen LogP contribution in [0.4, 0.5) is 10.1 Å². The predicted molar refractivity (Wildman–Crippen MR) is 76.7 cm³/mol. The third kappa shape index (κ3) is 3.70. The molecule has 5 heteroatoms. The molecule has 1 saturated heterocycles. The van der Waals surface area contributed by atoms with Crippen LogP contribution in [0.25, 0.3) is 0 Å². The molecule has 1 aliphatic heterocycles. The lowest BCUT2D eigenvalue weighted by atomic mass is 10.0. The number of carbonyl (C=O) groups is 1. The summed E-state index contributed by atoms with van der Waals surface area (Å²) in [5.41, 5.74) is 0.399. The Morgan fingerprint density at radius 3 is 2.75 bits per heavy atom. The Labute approximate surface area is 118 Å². The molecule has 0 unspecified atom stereocenters. The van der Waals surface area contributed by atoms with Crippen molar-refractivity contribution in [3.63, 3.8) is 0 Å². The van der Waals surface area contributed by atoms with Gasteiger partial charge in [0.15, 0.2) is 0 Å². The molecule has 1 aliphatic rings. The van der Waals surface area contributed by atoms with Crippen LogP contribution in [0.3, 0.4) is 0 Å². The van der Waals surface area contributed by atoms with Gasteiger partial charge in [0.25, 0.3) is 0 Å². The molecule has 110 valence electrons. The molecule has 0 atom stereocenters. The largest absolute Gasteiger partial charge is 0.478 e. The number of carboxylic acids is 1. The summed E-state index contributed by atoms with van der Waals surface area (Å²) in [7, 11) is 0. The smallest absolute Gasteiger partial charge is 0.338 e. The van der Waals surface area contributed by atoms with Crippen molar-refractivity contribution in [3.05, 3.63) is 29.6 Å². The molecule has 1 aromatic rings. The monoisotopic (exact) mass is 280 g/mol. The van der Waals surface area contributed by atoms with Gasteiger partial charge in [-0.3, -0.25) is 0 Å². The number of piperidine rings is 1. The minimum Gasteiger partial charge on any atom is -0.478 e. The molecule has 2 rings (SSSR count). The van der Waals surface area contributed by atoms with Gasteiger partial charge in [0.2, 0.25) is 0 Å². The van der Waals surface area contributed by atoms with Crippen molar-refractivity contribution in [2.75, 3.05) is 25.0 Å². The average Bonchev–Trinajstić information content (AvgIpc) is 2.43. The van der Waals surface area contributed by atoms with Crippen LogP contribution in [0.5, 0.6) is 0 Å². The molecule has 0 bridgehead atoms. The second-order valence-corrected chi connectivity index (χ2v) is 5.26. The number of nitrogens with zero attached hydrogens (tertiary/aromatic N) is 1. The van der Waals surface area contributed by atoms with Crippen LogP contribution >= 0.6 is 0 Å². The number of carboxylic acid groups (broad SMARTS) is 1. The van der Waals surface area contributed by atoms with E-state index in [4.69, 9.17) is 5.11 Å². The maximum Gasteiger partial charge on any atom is 0.338 e. The molecule has 0 radical (unpaired) electrons. The van der Waals surface area contributed by atoms with Gasteiger partial charge in [-0.25, -0.2) is 9.18 Å². The fraction of sp³-hybridized carbons (Fsp3) is 0.533. The number of hydrogen-bond donors (Lipinski definition) is 2. The highest BCUT2D eigenvalue weighted by atomic mass is 19.1. The summed E-state index contributed by atoms with van der Waals surface area (Å²) in [5, 5.41) is 12.2. The second-order valence-electron chi connectivity index (χ2n) is 5.26. The number of anilines is 1. The number of aromatic carboxylic acids is 1. The van der Waals surface area contributed by atoms with Crippen molar-refractivity contribution in [1.29, 1.82) is 0 Å². The van der Waals surface area contributed by atoms with E-state index in [0.29, 0.717) is 11.7 Å². The van der Waals surface area contributed by atoms with Crippen molar-refractivity contribution in [1.82, 2.24) is 4.90 Å². The third-order valence-electron chi connectivity index (χ3n) is 3.69. The fourth-order valence-electron chi connectivity index (χ4n) is 2.63.